The Bertz CT molecular complexity index is 1770. The van der Waals surface area contributed by atoms with E-state index >= 15 is 4.39 Å². The second-order valence-electron chi connectivity index (χ2n) is 13.3. The number of pyridine rings is 1. The van der Waals surface area contributed by atoms with Crippen molar-refractivity contribution in [3.8, 4) is 11.5 Å². The van der Waals surface area contributed by atoms with Crippen molar-refractivity contribution in [1.29, 1.82) is 0 Å². The number of hydrogen-bond donors (Lipinski definition) is 2. The van der Waals surface area contributed by atoms with E-state index in [1.54, 1.807) is 25.4 Å². The smallest absolute Gasteiger partial charge is 0.308 e. The first-order chi connectivity index (χ1) is 24.9. The molecule has 14 heteroatoms. The van der Waals surface area contributed by atoms with Gasteiger partial charge >= 0.3 is 5.97 Å². The van der Waals surface area contributed by atoms with E-state index in [4.69, 9.17) is 28.4 Å². The molecular formula is C38H43F2N3O9. The summed E-state index contributed by atoms with van der Waals surface area (Å²) in [7, 11) is 1.56. The van der Waals surface area contributed by atoms with Crippen LogP contribution < -0.4 is 15.4 Å². The first-order valence-corrected chi connectivity index (χ1v) is 16.9. The summed E-state index contributed by atoms with van der Waals surface area (Å²) in [5.41, 5.74) is -0.0201. The number of methoxy groups -OCH3 is 1. The molecule has 1 aromatic heterocycles. The Balaban J connectivity index is 1.11. The number of esters is 1. The van der Waals surface area contributed by atoms with E-state index in [-0.39, 0.29) is 37.0 Å². The number of ether oxygens (including phenoxy) is 6. The monoisotopic (exact) mass is 723 g/mol. The average Bonchev–Trinajstić information content (AvgIpc) is 3.91. The second-order valence-corrected chi connectivity index (χ2v) is 13.3. The van der Waals surface area contributed by atoms with E-state index in [0.717, 1.165) is 6.07 Å². The van der Waals surface area contributed by atoms with Crippen molar-refractivity contribution in [2.45, 2.75) is 58.2 Å². The molecule has 0 saturated heterocycles. The van der Waals surface area contributed by atoms with Gasteiger partial charge in [-0.15, -0.1) is 0 Å². The molecule has 2 aliphatic carbocycles. The van der Waals surface area contributed by atoms with Gasteiger partial charge in [0.05, 0.1) is 38.5 Å². The molecule has 2 N–H and O–H groups in total. The first-order valence-electron chi connectivity index (χ1n) is 16.9. The lowest BCUT2D eigenvalue weighted by molar-refractivity contribution is -0.156. The fourth-order valence-electron chi connectivity index (χ4n) is 5.35. The van der Waals surface area contributed by atoms with Gasteiger partial charge in [-0.3, -0.25) is 19.4 Å². The Labute approximate surface area is 300 Å². The zero-order chi connectivity index (χ0) is 37.3. The maximum Gasteiger partial charge on any atom is 0.308 e. The van der Waals surface area contributed by atoms with Gasteiger partial charge in [-0.2, -0.15) is 0 Å². The lowest BCUT2D eigenvalue weighted by Crippen LogP contribution is -2.35. The number of carbonyl (C=O) groups is 3. The molecule has 1 fully saturated rings. The van der Waals surface area contributed by atoms with Crippen molar-refractivity contribution >= 4 is 35.2 Å². The number of amides is 2. The van der Waals surface area contributed by atoms with Gasteiger partial charge in [-0.25, -0.2) is 8.78 Å². The van der Waals surface area contributed by atoms with E-state index in [1.165, 1.54) is 36.4 Å². The van der Waals surface area contributed by atoms with Crippen LogP contribution >= 0.6 is 0 Å². The molecule has 0 aliphatic heterocycles. The van der Waals surface area contributed by atoms with Crippen LogP contribution in [-0.4, -0.2) is 74.6 Å². The van der Waals surface area contributed by atoms with E-state index < -0.39 is 40.6 Å². The largest absolute Gasteiger partial charge is 0.493 e. The number of nitrogens with zero attached hydrogens (tertiary/aromatic N) is 1. The minimum atomic E-state index is -1.29. The molecule has 12 nitrogen and oxygen atoms in total. The summed E-state index contributed by atoms with van der Waals surface area (Å²) in [5.74, 6) is -1.70. The molecular weight excluding hydrogens is 680 g/mol. The minimum absolute atomic E-state index is 0.0763. The van der Waals surface area contributed by atoms with Gasteiger partial charge in [0.1, 0.15) is 41.1 Å². The van der Waals surface area contributed by atoms with Gasteiger partial charge < -0.3 is 39.1 Å². The molecule has 1 unspecified atom stereocenters. The van der Waals surface area contributed by atoms with Crippen LogP contribution in [0.4, 0.5) is 20.2 Å². The van der Waals surface area contributed by atoms with Crippen molar-refractivity contribution < 1.29 is 51.6 Å². The van der Waals surface area contributed by atoms with Crippen LogP contribution in [0.15, 0.2) is 60.5 Å². The molecule has 5 rings (SSSR count). The standard InChI is InChI=1S/C38H43F2N3O9/c1-37(2,3)52-34(44)12-16-48-17-18-49-19-20-50-33-23-29-27(22-32(33)47-4)30(11-15-41-29)51-31-10-9-26(21-28(31)40)43-36(46)38(13-14-38)35(45)42-25-7-5-24(39)6-8-25/h5-11,15,21,23,32H,12-14,16-20,22H2,1-4H3,(H,42,45)(H,43,46). The highest BCUT2D eigenvalue weighted by atomic mass is 19.1. The zero-order valence-corrected chi connectivity index (χ0v) is 29.6. The summed E-state index contributed by atoms with van der Waals surface area (Å²) in [6.07, 6.45) is 4.01. The van der Waals surface area contributed by atoms with E-state index in [0.29, 0.717) is 67.5 Å². The minimum Gasteiger partial charge on any atom is -0.493 e. The van der Waals surface area contributed by atoms with Crippen LogP contribution in [0.1, 0.15) is 51.3 Å². The lowest BCUT2D eigenvalue weighted by Gasteiger charge is -2.26. The Morgan fingerprint density at radius 1 is 0.865 bits per heavy atom. The van der Waals surface area contributed by atoms with Crippen LogP contribution in [0.2, 0.25) is 0 Å². The molecule has 2 amide bonds. The summed E-state index contributed by atoms with van der Waals surface area (Å²) in [6.45, 7) is 6.89. The maximum atomic E-state index is 15.3. The number of halogens is 2. The van der Waals surface area contributed by atoms with Crippen molar-refractivity contribution in [2.75, 3.05) is 50.8 Å². The topological polar surface area (TPSA) is 144 Å². The van der Waals surface area contributed by atoms with E-state index in [2.05, 4.69) is 15.6 Å². The Morgan fingerprint density at radius 3 is 2.17 bits per heavy atom. The fourth-order valence-corrected chi connectivity index (χ4v) is 5.35. The maximum absolute atomic E-state index is 15.3. The predicted molar refractivity (Wildman–Crippen MR) is 187 cm³/mol. The van der Waals surface area contributed by atoms with Crippen molar-refractivity contribution in [3.63, 3.8) is 0 Å². The summed E-state index contributed by atoms with van der Waals surface area (Å²) >= 11 is 0. The predicted octanol–water partition coefficient (Wildman–Crippen LogP) is 6.20. The molecule has 2 aliphatic rings. The summed E-state index contributed by atoms with van der Waals surface area (Å²) in [6, 6.07) is 10.9. The quantitative estimate of drug-likeness (QED) is 0.0939. The first kappa shape index (κ1) is 38.3. The summed E-state index contributed by atoms with van der Waals surface area (Å²) in [4.78, 5) is 42.1. The molecule has 2 aromatic carbocycles. The van der Waals surface area contributed by atoms with Gasteiger partial charge in [-0.05, 0) is 76.1 Å². The number of carbonyl (C=O) groups excluding carboxylic acids is 3. The Kier molecular flexibility index (Phi) is 12.6. The number of rotatable bonds is 17. The molecule has 0 radical (unpaired) electrons. The van der Waals surface area contributed by atoms with Crippen molar-refractivity contribution in [1.82, 2.24) is 4.98 Å². The summed E-state index contributed by atoms with van der Waals surface area (Å²) < 4.78 is 62.4. The number of anilines is 2. The van der Waals surface area contributed by atoms with E-state index in [9.17, 15) is 18.8 Å². The zero-order valence-electron chi connectivity index (χ0n) is 29.6. The van der Waals surface area contributed by atoms with Crippen LogP contribution in [0, 0.1) is 17.0 Å². The van der Waals surface area contributed by atoms with Crippen LogP contribution in [0.5, 0.6) is 11.5 Å². The normalized spacial score (nSPS) is 15.9. The Morgan fingerprint density at radius 2 is 1.52 bits per heavy atom. The number of nitrogens with one attached hydrogen (secondary N) is 2. The molecule has 278 valence electrons. The molecule has 1 atom stereocenters. The average molecular weight is 724 g/mol. The van der Waals surface area contributed by atoms with Gasteiger partial charge in [0.2, 0.25) is 11.8 Å². The third kappa shape index (κ3) is 10.3. The number of fused-ring (bicyclic) bond motifs is 1. The Hall–Kier alpha value is -4.92. The van der Waals surface area contributed by atoms with Crippen LogP contribution in [0.25, 0.3) is 6.08 Å². The third-order valence-electron chi connectivity index (χ3n) is 8.19. The lowest BCUT2D eigenvalue weighted by atomic mass is 9.97. The number of benzene rings is 2. The molecule has 3 aromatic rings. The van der Waals surface area contributed by atoms with Gasteiger partial charge in [-0.1, -0.05) is 0 Å². The van der Waals surface area contributed by atoms with Gasteiger partial charge in [0.15, 0.2) is 11.6 Å². The molecule has 0 bridgehead atoms. The second kappa shape index (κ2) is 17.1. The highest BCUT2D eigenvalue weighted by Gasteiger charge is 2.56. The van der Waals surface area contributed by atoms with Crippen LogP contribution in [0.3, 0.4) is 0 Å². The SMILES string of the molecule is COC1Cc2c(Oc3ccc(NC(=O)C4(C(=O)Nc5ccc(F)cc5)CC4)cc3F)ccnc2C=C1OCCOCCOCCC(=O)OC(C)(C)C. The molecule has 1 saturated carbocycles. The van der Waals surface area contributed by atoms with Gasteiger partial charge in [0.25, 0.3) is 0 Å². The van der Waals surface area contributed by atoms with E-state index in [1.807, 2.05) is 20.8 Å². The summed E-state index contributed by atoms with van der Waals surface area (Å²) in [5, 5.41) is 5.28. The van der Waals surface area contributed by atoms with Gasteiger partial charge in [0, 0.05) is 48.8 Å². The third-order valence-corrected chi connectivity index (χ3v) is 8.19. The van der Waals surface area contributed by atoms with Crippen molar-refractivity contribution in [2.24, 2.45) is 5.41 Å². The highest BCUT2D eigenvalue weighted by Crippen LogP contribution is 2.47. The van der Waals surface area contributed by atoms with Crippen molar-refractivity contribution in [3.05, 3.63) is 83.4 Å². The number of aromatic nitrogens is 1. The van der Waals surface area contributed by atoms with Crippen LogP contribution in [-0.2, 0) is 44.5 Å². The molecule has 52 heavy (non-hydrogen) atoms. The number of hydrogen-bond acceptors (Lipinski definition) is 10. The molecule has 1 heterocycles. The molecule has 0 spiro atoms. The fraction of sp³-hybridized carbons (Fsp3) is 0.421. The highest BCUT2D eigenvalue weighted by molar-refractivity contribution is 6.16.